The van der Waals surface area contributed by atoms with Crippen molar-refractivity contribution < 1.29 is 4.42 Å². The minimum atomic E-state index is -0.114. The van der Waals surface area contributed by atoms with Crippen LogP contribution >= 0.6 is 27.5 Å². The third-order valence-electron chi connectivity index (χ3n) is 3.36. The van der Waals surface area contributed by atoms with Crippen LogP contribution in [0.5, 0.6) is 0 Å². The van der Waals surface area contributed by atoms with Crippen LogP contribution in [-0.2, 0) is 6.42 Å². The maximum atomic E-state index is 5.88. The van der Waals surface area contributed by atoms with E-state index in [4.69, 9.17) is 16.0 Å². The van der Waals surface area contributed by atoms with Crippen LogP contribution in [0.4, 0.5) is 0 Å². The fourth-order valence-corrected chi connectivity index (χ4v) is 2.47. The van der Waals surface area contributed by atoms with Crippen molar-refractivity contribution in [2.75, 3.05) is 0 Å². The number of aryl methyl sites for hydroxylation is 1. The zero-order chi connectivity index (χ0) is 15.7. The van der Waals surface area contributed by atoms with Crippen molar-refractivity contribution in [3.8, 4) is 0 Å². The number of halogens is 2. The van der Waals surface area contributed by atoms with E-state index in [1.165, 1.54) is 0 Å². The van der Waals surface area contributed by atoms with Crippen LogP contribution in [0.3, 0.4) is 0 Å². The highest BCUT2D eigenvalue weighted by Gasteiger charge is 2.17. The molecule has 0 aliphatic rings. The smallest absolute Gasteiger partial charge is 0.240 e. The van der Waals surface area contributed by atoms with Crippen molar-refractivity contribution in [3.63, 3.8) is 0 Å². The molecule has 1 aromatic carbocycles. The Balaban J connectivity index is 1.76. The summed E-state index contributed by atoms with van der Waals surface area (Å²) in [6.07, 6.45) is 2.49. The van der Waals surface area contributed by atoms with E-state index in [1.54, 1.807) is 4.68 Å². The minimum Gasteiger partial charge on any atom is -0.423 e. The van der Waals surface area contributed by atoms with Crippen molar-refractivity contribution in [1.82, 2.24) is 20.0 Å². The van der Waals surface area contributed by atoms with Gasteiger partial charge in [0.05, 0.1) is 16.6 Å². The van der Waals surface area contributed by atoms with Crippen molar-refractivity contribution in [1.29, 1.82) is 0 Å². The number of benzene rings is 1. The fraction of sp³-hybridized carbons (Fsp3) is 0.267. The lowest BCUT2D eigenvalue weighted by Crippen LogP contribution is -2.07. The van der Waals surface area contributed by atoms with E-state index in [0.29, 0.717) is 23.2 Å². The first kappa shape index (κ1) is 15.2. The van der Waals surface area contributed by atoms with E-state index in [-0.39, 0.29) is 6.04 Å². The maximum Gasteiger partial charge on any atom is 0.240 e. The summed E-state index contributed by atoms with van der Waals surface area (Å²) in [4.78, 5) is 0. The van der Waals surface area contributed by atoms with Crippen molar-refractivity contribution in [3.05, 3.63) is 63.0 Å². The zero-order valence-corrected chi connectivity index (χ0v) is 14.5. The Kier molecular flexibility index (Phi) is 4.31. The van der Waals surface area contributed by atoms with Gasteiger partial charge in [-0.25, -0.2) is 0 Å². The SMILES string of the molecule is Cc1nn(C(C)c2nnc(Cc3ccc(Cl)cc3)o2)cc1Br. The molecule has 22 heavy (non-hydrogen) atoms. The lowest BCUT2D eigenvalue weighted by molar-refractivity contribution is 0.391. The molecule has 0 fully saturated rings. The van der Waals surface area contributed by atoms with Gasteiger partial charge in [-0.2, -0.15) is 5.10 Å². The minimum absolute atomic E-state index is 0.114. The molecule has 0 amide bonds. The Labute approximate surface area is 141 Å². The molecular formula is C15H14BrClN4O. The second-order valence-electron chi connectivity index (χ2n) is 5.06. The van der Waals surface area contributed by atoms with Crippen molar-refractivity contribution >= 4 is 27.5 Å². The third-order valence-corrected chi connectivity index (χ3v) is 4.39. The Morgan fingerprint density at radius 3 is 2.64 bits per heavy atom. The van der Waals surface area contributed by atoms with E-state index in [2.05, 4.69) is 31.2 Å². The van der Waals surface area contributed by atoms with Gasteiger partial charge in [0.2, 0.25) is 11.8 Å². The van der Waals surface area contributed by atoms with Crippen LogP contribution < -0.4 is 0 Å². The molecule has 2 heterocycles. The topological polar surface area (TPSA) is 56.7 Å². The van der Waals surface area contributed by atoms with Crippen LogP contribution in [0, 0.1) is 6.92 Å². The van der Waals surface area contributed by atoms with E-state index in [9.17, 15) is 0 Å². The number of hydrogen-bond acceptors (Lipinski definition) is 4. The van der Waals surface area contributed by atoms with Gasteiger partial charge in [-0.05, 0) is 47.5 Å². The number of rotatable bonds is 4. The first-order valence-electron chi connectivity index (χ1n) is 6.81. The third kappa shape index (κ3) is 3.23. The van der Waals surface area contributed by atoms with E-state index in [0.717, 1.165) is 15.7 Å². The molecular weight excluding hydrogens is 368 g/mol. The lowest BCUT2D eigenvalue weighted by atomic mass is 10.1. The van der Waals surface area contributed by atoms with E-state index >= 15 is 0 Å². The summed E-state index contributed by atoms with van der Waals surface area (Å²) in [6.45, 7) is 3.91. The number of nitrogens with zero attached hydrogens (tertiary/aromatic N) is 4. The Hall–Kier alpha value is -1.66. The monoisotopic (exact) mass is 380 g/mol. The largest absolute Gasteiger partial charge is 0.423 e. The van der Waals surface area contributed by atoms with Gasteiger partial charge in [0, 0.05) is 11.2 Å². The summed E-state index contributed by atoms with van der Waals surface area (Å²) in [5.41, 5.74) is 2.00. The molecule has 0 saturated heterocycles. The molecule has 3 rings (SSSR count). The van der Waals surface area contributed by atoms with E-state index < -0.39 is 0 Å². The van der Waals surface area contributed by atoms with Gasteiger partial charge in [0.1, 0.15) is 6.04 Å². The normalized spacial score (nSPS) is 12.5. The molecule has 0 radical (unpaired) electrons. The zero-order valence-electron chi connectivity index (χ0n) is 12.1. The van der Waals surface area contributed by atoms with Crippen molar-refractivity contribution in [2.24, 2.45) is 0 Å². The standard InChI is InChI=1S/C15H14BrClN4O/c1-9-13(16)8-21(20-9)10(2)15-19-18-14(22-15)7-11-3-5-12(17)6-4-11/h3-6,8,10H,7H2,1-2H3. The first-order valence-corrected chi connectivity index (χ1v) is 7.98. The summed E-state index contributed by atoms with van der Waals surface area (Å²) in [5.74, 6) is 1.12. The molecule has 1 unspecified atom stereocenters. The second kappa shape index (κ2) is 6.22. The molecule has 7 heteroatoms. The summed E-state index contributed by atoms with van der Waals surface area (Å²) < 4.78 is 8.51. The molecule has 0 spiro atoms. The number of hydrogen-bond donors (Lipinski definition) is 0. The average molecular weight is 382 g/mol. The second-order valence-corrected chi connectivity index (χ2v) is 6.35. The summed E-state index contributed by atoms with van der Waals surface area (Å²) >= 11 is 9.33. The molecule has 3 aromatic rings. The average Bonchev–Trinajstić information content (AvgIpc) is 3.08. The van der Waals surface area contributed by atoms with Crippen LogP contribution in [0.25, 0.3) is 0 Å². The highest BCUT2D eigenvalue weighted by Crippen LogP contribution is 2.21. The first-order chi connectivity index (χ1) is 10.5. The van der Waals surface area contributed by atoms with Gasteiger partial charge < -0.3 is 4.42 Å². The maximum absolute atomic E-state index is 5.88. The molecule has 0 aliphatic heterocycles. The van der Waals surface area contributed by atoms with Gasteiger partial charge in [0.25, 0.3) is 0 Å². The van der Waals surface area contributed by atoms with Gasteiger partial charge in [-0.1, -0.05) is 23.7 Å². The highest BCUT2D eigenvalue weighted by atomic mass is 79.9. The highest BCUT2D eigenvalue weighted by molar-refractivity contribution is 9.10. The molecule has 0 saturated carbocycles. The predicted molar refractivity (Wildman–Crippen MR) is 87.0 cm³/mol. The van der Waals surface area contributed by atoms with E-state index in [1.807, 2.05) is 44.3 Å². The van der Waals surface area contributed by atoms with Crippen LogP contribution in [0.15, 0.2) is 39.4 Å². The van der Waals surface area contributed by atoms with Crippen LogP contribution in [0.1, 0.15) is 36.0 Å². The summed E-state index contributed by atoms with van der Waals surface area (Å²) in [5, 5.41) is 13.4. The molecule has 1 atom stereocenters. The van der Waals surface area contributed by atoms with Crippen LogP contribution in [0.2, 0.25) is 5.02 Å². The fourth-order valence-electron chi connectivity index (χ4n) is 2.05. The Morgan fingerprint density at radius 1 is 1.27 bits per heavy atom. The molecule has 5 nitrogen and oxygen atoms in total. The van der Waals surface area contributed by atoms with Crippen molar-refractivity contribution in [2.45, 2.75) is 26.3 Å². The molecule has 0 aliphatic carbocycles. The Morgan fingerprint density at radius 2 is 2.00 bits per heavy atom. The molecule has 0 N–H and O–H groups in total. The quantitative estimate of drug-likeness (QED) is 0.680. The summed E-state index contributed by atoms with van der Waals surface area (Å²) in [7, 11) is 0. The van der Waals surface area contributed by atoms with Gasteiger partial charge in [-0.15, -0.1) is 10.2 Å². The molecule has 2 aromatic heterocycles. The number of aromatic nitrogens is 4. The van der Waals surface area contributed by atoms with Crippen LogP contribution in [-0.4, -0.2) is 20.0 Å². The van der Waals surface area contributed by atoms with Gasteiger partial charge >= 0.3 is 0 Å². The predicted octanol–water partition coefficient (Wildman–Crippen LogP) is 4.19. The van der Waals surface area contributed by atoms with Gasteiger partial charge in [0.15, 0.2) is 0 Å². The lowest BCUT2D eigenvalue weighted by Gasteiger charge is -2.06. The Bertz CT molecular complexity index is 762. The summed E-state index contributed by atoms with van der Waals surface area (Å²) in [6, 6.07) is 7.48. The molecule has 0 bridgehead atoms. The molecule has 114 valence electrons. The van der Waals surface area contributed by atoms with Gasteiger partial charge in [-0.3, -0.25) is 4.68 Å².